The van der Waals surface area contributed by atoms with E-state index < -0.39 is 16.9 Å². The lowest BCUT2D eigenvalue weighted by molar-refractivity contribution is 0.480. The number of aryl methyl sites for hydroxylation is 1. The van der Waals surface area contributed by atoms with E-state index in [1.165, 1.54) is 12.1 Å². The number of rotatable bonds is 3. The molecule has 9 nitrogen and oxygen atoms in total. The Balaban J connectivity index is 1.76. The van der Waals surface area contributed by atoms with Gasteiger partial charge in [-0.05, 0) is 40.2 Å². The van der Waals surface area contributed by atoms with Gasteiger partial charge in [-0.25, -0.2) is 9.78 Å². The molecule has 1 N–H and O–H groups in total. The molecule has 4 rings (SSSR count). The third-order valence-corrected chi connectivity index (χ3v) is 4.95. The molecule has 0 unspecified atom stereocenters. The summed E-state index contributed by atoms with van der Waals surface area (Å²) in [7, 11) is 1.88. The summed E-state index contributed by atoms with van der Waals surface area (Å²) >= 11 is 9.74. The van der Waals surface area contributed by atoms with Crippen LogP contribution in [0, 0.1) is 11.3 Å². The quantitative estimate of drug-likeness (QED) is 0.489. The average molecular weight is 474 g/mol. The molecule has 0 saturated carbocycles. The van der Waals surface area contributed by atoms with Gasteiger partial charge in [0.25, 0.3) is 5.56 Å². The van der Waals surface area contributed by atoms with E-state index in [0.717, 1.165) is 15.7 Å². The van der Waals surface area contributed by atoms with Gasteiger partial charge in [0.2, 0.25) is 5.69 Å². The Morgan fingerprint density at radius 2 is 2.07 bits per heavy atom. The molecule has 2 heterocycles. The van der Waals surface area contributed by atoms with Crippen LogP contribution in [0.4, 0.5) is 0 Å². The summed E-state index contributed by atoms with van der Waals surface area (Å²) < 4.78 is 9.11. The van der Waals surface area contributed by atoms with Gasteiger partial charge in [0.05, 0.1) is 32.5 Å². The van der Waals surface area contributed by atoms with E-state index in [1.807, 2.05) is 28.7 Å². The van der Waals surface area contributed by atoms with Gasteiger partial charge in [0.1, 0.15) is 11.8 Å². The van der Waals surface area contributed by atoms with Crippen molar-refractivity contribution >= 4 is 38.6 Å². The lowest BCUT2D eigenvalue weighted by atomic mass is 10.2. The van der Waals surface area contributed by atoms with Crippen molar-refractivity contribution in [3.8, 4) is 23.3 Å². The fourth-order valence-electron chi connectivity index (χ4n) is 2.70. The van der Waals surface area contributed by atoms with E-state index >= 15 is 0 Å². The second kappa shape index (κ2) is 7.20. The number of hydrogen-bond acceptors (Lipinski definition) is 6. The van der Waals surface area contributed by atoms with Crippen molar-refractivity contribution in [1.82, 2.24) is 24.3 Å². The van der Waals surface area contributed by atoms with E-state index in [2.05, 4.69) is 26.0 Å². The minimum absolute atomic E-state index is 0.192. The fraction of sp³-hybridized carbons (Fsp3) is 0.0556. The summed E-state index contributed by atoms with van der Waals surface area (Å²) in [5.41, 5.74) is -0.135. The van der Waals surface area contributed by atoms with Gasteiger partial charge in [-0.2, -0.15) is 9.94 Å². The van der Waals surface area contributed by atoms with Crippen LogP contribution in [0.3, 0.4) is 0 Å². The van der Waals surface area contributed by atoms with E-state index in [1.54, 1.807) is 18.5 Å². The first kappa shape index (κ1) is 18.9. The summed E-state index contributed by atoms with van der Waals surface area (Å²) in [5, 5.41) is 12.9. The molecule has 2 aromatic heterocycles. The second-order valence-electron chi connectivity index (χ2n) is 5.98. The molecule has 0 bridgehead atoms. The molecule has 0 aliphatic carbocycles. The van der Waals surface area contributed by atoms with E-state index in [9.17, 15) is 9.59 Å². The van der Waals surface area contributed by atoms with Crippen LogP contribution < -0.4 is 16.0 Å². The maximum absolute atomic E-state index is 12.1. The first-order valence-electron chi connectivity index (χ1n) is 8.09. The highest BCUT2D eigenvalue weighted by Crippen LogP contribution is 2.38. The van der Waals surface area contributed by atoms with Crippen LogP contribution in [-0.4, -0.2) is 24.3 Å². The lowest BCUT2D eigenvalue weighted by Gasteiger charge is -2.12. The Kier molecular flexibility index (Phi) is 4.70. The first-order chi connectivity index (χ1) is 13.9. The minimum Gasteiger partial charge on any atom is -0.455 e. The first-order valence-corrected chi connectivity index (χ1v) is 9.26. The van der Waals surface area contributed by atoms with Crippen LogP contribution in [0.25, 0.3) is 16.7 Å². The highest BCUT2D eigenvalue weighted by atomic mass is 79.9. The number of halogens is 2. The summed E-state index contributed by atoms with van der Waals surface area (Å²) in [6.45, 7) is 0. The standard InChI is InChI=1S/C18H10BrClN6O3/c1-25-8-22-13-3-2-10(6-15(13)25)29-16-11(19)4-9(5-12(16)20)26-18(28)23-17(27)14(7-21)24-26/h2-6,8H,1H3,(H,23,27,28). The fourth-order valence-corrected chi connectivity index (χ4v) is 3.60. The number of ether oxygens (including phenoxy) is 1. The second-order valence-corrected chi connectivity index (χ2v) is 7.24. The Labute approximate surface area is 175 Å². The number of nitrogens with zero attached hydrogens (tertiary/aromatic N) is 5. The monoisotopic (exact) mass is 472 g/mol. The van der Waals surface area contributed by atoms with Gasteiger partial charge in [-0.15, -0.1) is 5.10 Å². The zero-order valence-electron chi connectivity index (χ0n) is 14.7. The molecule has 0 saturated heterocycles. The zero-order chi connectivity index (χ0) is 20.7. The van der Waals surface area contributed by atoms with Crippen LogP contribution in [0.15, 0.2) is 50.7 Å². The van der Waals surface area contributed by atoms with Crippen molar-refractivity contribution in [2.75, 3.05) is 0 Å². The van der Waals surface area contributed by atoms with Crippen LogP contribution in [0.5, 0.6) is 11.5 Å². The molecule has 144 valence electrons. The summed E-state index contributed by atoms with van der Waals surface area (Å²) in [6.07, 6.45) is 1.70. The van der Waals surface area contributed by atoms with Gasteiger partial charge >= 0.3 is 5.69 Å². The maximum atomic E-state index is 12.1. The number of nitriles is 1. The molecular weight excluding hydrogens is 464 g/mol. The number of fused-ring (bicyclic) bond motifs is 1. The number of benzene rings is 2. The van der Waals surface area contributed by atoms with E-state index in [0.29, 0.717) is 16.0 Å². The molecular formula is C18H10BrClN6O3. The molecule has 0 fully saturated rings. The van der Waals surface area contributed by atoms with Gasteiger partial charge in [0, 0.05) is 13.1 Å². The Morgan fingerprint density at radius 1 is 1.28 bits per heavy atom. The average Bonchev–Trinajstić information content (AvgIpc) is 3.05. The van der Waals surface area contributed by atoms with Crippen molar-refractivity contribution < 1.29 is 4.74 Å². The number of aromatic nitrogens is 5. The normalized spacial score (nSPS) is 10.8. The third kappa shape index (κ3) is 3.41. The maximum Gasteiger partial charge on any atom is 0.349 e. The zero-order valence-corrected chi connectivity index (χ0v) is 17.0. The smallest absolute Gasteiger partial charge is 0.349 e. The van der Waals surface area contributed by atoms with Crippen LogP contribution >= 0.6 is 27.5 Å². The number of H-pyrrole nitrogens is 1. The molecule has 0 aliphatic rings. The van der Waals surface area contributed by atoms with Crippen LogP contribution in [-0.2, 0) is 7.05 Å². The summed E-state index contributed by atoms with van der Waals surface area (Å²) in [6, 6.07) is 10.0. The van der Waals surface area contributed by atoms with Crippen molar-refractivity contribution in [1.29, 1.82) is 5.26 Å². The number of imidazole rings is 1. The molecule has 29 heavy (non-hydrogen) atoms. The Morgan fingerprint density at radius 3 is 2.79 bits per heavy atom. The number of aromatic amines is 1. The van der Waals surface area contributed by atoms with Crippen LogP contribution in [0.2, 0.25) is 5.02 Å². The third-order valence-electron chi connectivity index (χ3n) is 4.08. The van der Waals surface area contributed by atoms with Gasteiger partial charge in [0.15, 0.2) is 5.75 Å². The van der Waals surface area contributed by atoms with E-state index in [-0.39, 0.29) is 10.7 Å². The highest BCUT2D eigenvalue weighted by molar-refractivity contribution is 9.10. The number of nitrogens with one attached hydrogen (secondary N) is 1. The topological polar surface area (TPSA) is 119 Å². The Hall–Kier alpha value is -3.42. The van der Waals surface area contributed by atoms with Gasteiger partial charge in [-0.1, -0.05) is 11.6 Å². The number of hydrogen-bond donors (Lipinski definition) is 1. The molecule has 0 radical (unpaired) electrons. The van der Waals surface area contributed by atoms with Crippen molar-refractivity contribution in [2.24, 2.45) is 7.05 Å². The van der Waals surface area contributed by atoms with Crippen molar-refractivity contribution in [2.45, 2.75) is 0 Å². The SMILES string of the molecule is Cn1cnc2ccc(Oc3c(Cl)cc(-n4nc(C#N)c(=O)[nH]c4=O)cc3Br)cc21. The van der Waals surface area contributed by atoms with E-state index in [4.69, 9.17) is 21.6 Å². The van der Waals surface area contributed by atoms with Gasteiger partial charge in [-0.3, -0.25) is 9.78 Å². The summed E-state index contributed by atoms with van der Waals surface area (Å²) in [4.78, 5) is 29.9. The highest BCUT2D eigenvalue weighted by Gasteiger charge is 2.15. The molecule has 0 amide bonds. The predicted molar refractivity (Wildman–Crippen MR) is 109 cm³/mol. The largest absolute Gasteiger partial charge is 0.455 e. The molecule has 0 atom stereocenters. The molecule has 0 aliphatic heterocycles. The predicted octanol–water partition coefficient (Wildman–Crippen LogP) is 2.89. The molecule has 11 heteroatoms. The van der Waals surface area contributed by atoms with Crippen molar-refractivity contribution in [3.63, 3.8) is 0 Å². The molecule has 2 aromatic carbocycles. The van der Waals surface area contributed by atoms with Gasteiger partial charge < -0.3 is 9.30 Å². The summed E-state index contributed by atoms with van der Waals surface area (Å²) in [5.74, 6) is 0.873. The Bertz CT molecular complexity index is 1410. The molecule has 4 aromatic rings. The minimum atomic E-state index is -0.857. The lowest BCUT2D eigenvalue weighted by Crippen LogP contribution is -2.33. The van der Waals surface area contributed by atoms with Crippen LogP contribution in [0.1, 0.15) is 5.69 Å². The molecule has 0 spiro atoms. The van der Waals surface area contributed by atoms with Crippen molar-refractivity contribution in [3.05, 3.63) is 72.7 Å².